The number of carbonyl (C=O) groups excluding carboxylic acids is 1. The van der Waals surface area contributed by atoms with Crippen LogP contribution in [0.4, 0.5) is 0 Å². The SMILES string of the molecule is CCCCCCCCCCCC(OCC)OC(OCC)(OCC)C(=O)OOCC. The van der Waals surface area contributed by atoms with E-state index < -0.39 is 18.2 Å². The highest BCUT2D eigenvalue weighted by molar-refractivity contribution is 5.75. The van der Waals surface area contributed by atoms with Crippen molar-refractivity contribution < 1.29 is 33.5 Å². The van der Waals surface area contributed by atoms with Gasteiger partial charge in [0.2, 0.25) is 0 Å². The third kappa shape index (κ3) is 13.2. The Bertz CT molecular complexity index is 370. The van der Waals surface area contributed by atoms with Crippen molar-refractivity contribution >= 4 is 5.97 Å². The minimum absolute atomic E-state index is 0.206. The fourth-order valence-electron chi connectivity index (χ4n) is 2.98. The van der Waals surface area contributed by atoms with Gasteiger partial charge in [0.1, 0.15) is 0 Å². The molecule has 0 aromatic heterocycles. The van der Waals surface area contributed by atoms with Gasteiger partial charge in [0.25, 0.3) is 0 Å². The second kappa shape index (κ2) is 19.2. The van der Waals surface area contributed by atoms with Crippen LogP contribution >= 0.6 is 0 Å². The topological polar surface area (TPSA) is 72.5 Å². The molecule has 0 amide bonds. The van der Waals surface area contributed by atoms with Crippen LogP contribution in [-0.2, 0) is 33.5 Å². The predicted octanol–water partition coefficient (Wildman–Crippen LogP) is 5.51. The van der Waals surface area contributed by atoms with Gasteiger partial charge in [0, 0.05) is 6.61 Å². The van der Waals surface area contributed by atoms with Gasteiger partial charge in [-0.05, 0) is 40.5 Å². The molecule has 0 saturated carbocycles. The summed E-state index contributed by atoms with van der Waals surface area (Å²) in [7, 11) is 0. The number of unbranched alkanes of at least 4 members (excludes halogenated alkanes) is 8. The van der Waals surface area contributed by atoms with E-state index in [4.69, 9.17) is 28.7 Å². The van der Waals surface area contributed by atoms with E-state index in [1.807, 2.05) is 6.92 Å². The van der Waals surface area contributed by atoms with E-state index in [2.05, 4.69) is 6.92 Å². The molecule has 0 bridgehead atoms. The van der Waals surface area contributed by atoms with Gasteiger partial charge < -0.3 is 14.2 Å². The third-order valence-corrected chi connectivity index (χ3v) is 4.35. The number of carbonyl (C=O) groups is 1. The molecule has 0 fully saturated rings. The number of hydrogen-bond donors (Lipinski definition) is 0. The van der Waals surface area contributed by atoms with Crippen LogP contribution in [0.25, 0.3) is 0 Å². The molecule has 0 rings (SSSR count). The molecule has 0 aliphatic rings. The van der Waals surface area contributed by atoms with Crippen LogP contribution in [0.3, 0.4) is 0 Å². The number of hydrogen-bond acceptors (Lipinski definition) is 7. The highest BCUT2D eigenvalue weighted by atomic mass is 17.2. The van der Waals surface area contributed by atoms with Gasteiger partial charge in [-0.15, -0.1) is 0 Å². The van der Waals surface area contributed by atoms with Crippen molar-refractivity contribution in [2.45, 2.75) is 111 Å². The van der Waals surface area contributed by atoms with Crippen molar-refractivity contribution in [1.29, 1.82) is 0 Å². The first-order valence-corrected chi connectivity index (χ1v) is 11.5. The summed E-state index contributed by atoms with van der Waals surface area (Å²) in [6.45, 7) is 10.4. The second-order valence-corrected chi connectivity index (χ2v) is 6.82. The lowest BCUT2D eigenvalue weighted by Gasteiger charge is -2.32. The summed E-state index contributed by atoms with van der Waals surface area (Å²) in [6.07, 6.45) is 11.1. The average molecular weight is 421 g/mol. The summed E-state index contributed by atoms with van der Waals surface area (Å²) in [4.78, 5) is 22.0. The van der Waals surface area contributed by atoms with Crippen LogP contribution in [0.2, 0.25) is 0 Å². The molecule has 0 N–H and O–H groups in total. The van der Waals surface area contributed by atoms with E-state index in [0.29, 0.717) is 13.0 Å². The van der Waals surface area contributed by atoms with Crippen LogP contribution in [0.1, 0.15) is 98.8 Å². The molecule has 0 spiro atoms. The van der Waals surface area contributed by atoms with E-state index in [1.54, 1.807) is 20.8 Å². The maximum absolute atomic E-state index is 12.5. The Kier molecular flexibility index (Phi) is 18.8. The van der Waals surface area contributed by atoms with Crippen LogP contribution in [0.15, 0.2) is 0 Å². The van der Waals surface area contributed by atoms with Gasteiger partial charge in [0.15, 0.2) is 6.29 Å². The molecule has 0 aromatic rings. The summed E-state index contributed by atoms with van der Waals surface area (Å²) >= 11 is 0. The second-order valence-electron chi connectivity index (χ2n) is 6.82. The van der Waals surface area contributed by atoms with Crippen LogP contribution in [0.5, 0.6) is 0 Å². The van der Waals surface area contributed by atoms with E-state index in [-0.39, 0.29) is 19.8 Å². The summed E-state index contributed by atoms with van der Waals surface area (Å²) in [6, 6.07) is 0. The molecule has 7 nitrogen and oxygen atoms in total. The molecule has 0 heterocycles. The van der Waals surface area contributed by atoms with Gasteiger partial charge in [-0.1, -0.05) is 58.3 Å². The lowest BCUT2D eigenvalue weighted by Crippen LogP contribution is -2.51. The Morgan fingerprint density at radius 3 is 1.76 bits per heavy atom. The zero-order valence-electron chi connectivity index (χ0n) is 19.3. The molecule has 174 valence electrons. The lowest BCUT2D eigenvalue weighted by molar-refractivity contribution is -0.416. The minimum atomic E-state index is -1.99. The van der Waals surface area contributed by atoms with Crippen molar-refractivity contribution in [2.24, 2.45) is 0 Å². The molecule has 0 aliphatic heterocycles. The Labute approximate surface area is 177 Å². The lowest BCUT2D eigenvalue weighted by atomic mass is 10.1. The van der Waals surface area contributed by atoms with Gasteiger partial charge in [-0.25, -0.2) is 4.79 Å². The van der Waals surface area contributed by atoms with E-state index in [9.17, 15) is 4.79 Å². The monoisotopic (exact) mass is 420 g/mol. The molecule has 1 unspecified atom stereocenters. The number of ether oxygens (including phenoxy) is 4. The van der Waals surface area contributed by atoms with Crippen LogP contribution in [-0.4, -0.2) is 44.7 Å². The standard InChI is InChI=1S/C22H44O7/c1-6-11-12-13-14-15-16-17-18-19-20(24-7-2)28-22(25-8-3,26-9-4)21(23)29-27-10-5/h20H,6-19H2,1-5H3. The maximum atomic E-state index is 12.5. The zero-order chi connectivity index (χ0) is 21.8. The normalized spacial score (nSPS) is 12.9. The third-order valence-electron chi connectivity index (χ3n) is 4.35. The quantitative estimate of drug-likeness (QED) is 0.105. The first-order valence-electron chi connectivity index (χ1n) is 11.5. The Morgan fingerprint density at radius 1 is 0.724 bits per heavy atom. The van der Waals surface area contributed by atoms with Gasteiger partial charge in [-0.3, -0.25) is 9.62 Å². The average Bonchev–Trinajstić information content (AvgIpc) is 2.71. The van der Waals surface area contributed by atoms with Crippen LogP contribution < -0.4 is 0 Å². The number of rotatable bonds is 21. The van der Waals surface area contributed by atoms with Gasteiger partial charge in [-0.2, -0.15) is 4.89 Å². The van der Waals surface area contributed by atoms with Crippen molar-refractivity contribution in [3.8, 4) is 0 Å². The first kappa shape index (κ1) is 28.3. The minimum Gasteiger partial charge on any atom is -0.353 e. The predicted molar refractivity (Wildman–Crippen MR) is 112 cm³/mol. The van der Waals surface area contributed by atoms with Crippen molar-refractivity contribution in [3.05, 3.63) is 0 Å². The molecule has 0 aromatic carbocycles. The van der Waals surface area contributed by atoms with Crippen molar-refractivity contribution in [2.75, 3.05) is 26.4 Å². The molecule has 0 aliphatic carbocycles. The van der Waals surface area contributed by atoms with Gasteiger partial charge >= 0.3 is 11.9 Å². The molecule has 0 saturated heterocycles. The molecule has 1 atom stereocenters. The molecule has 29 heavy (non-hydrogen) atoms. The highest BCUT2D eigenvalue weighted by Gasteiger charge is 2.48. The molecular formula is C22H44O7. The largest absolute Gasteiger partial charge is 0.431 e. The molecule has 7 heteroatoms. The molecule has 0 radical (unpaired) electrons. The van der Waals surface area contributed by atoms with Crippen molar-refractivity contribution in [3.63, 3.8) is 0 Å². The Hall–Kier alpha value is -0.730. The summed E-state index contributed by atoms with van der Waals surface area (Å²) in [5.74, 6) is -2.86. The fraction of sp³-hybridized carbons (Fsp3) is 0.955. The van der Waals surface area contributed by atoms with E-state index >= 15 is 0 Å². The summed E-state index contributed by atoms with van der Waals surface area (Å²) in [5, 5.41) is 0. The van der Waals surface area contributed by atoms with Crippen LogP contribution in [0, 0.1) is 0 Å². The summed E-state index contributed by atoms with van der Waals surface area (Å²) in [5.41, 5.74) is 0. The van der Waals surface area contributed by atoms with Gasteiger partial charge in [0.05, 0.1) is 19.8 Å². The van der Waals surface area contributed by atoms with Crippen molar-refractivity contribution in [1.82, 2.24) is 0 Å². The highest BCUT2D eigenvalue weighted by Crippen LogP contribution is 2.24. The Morgan fingerprint density at radius 2 is 1.28 bits per heavy atom. The molecular weight excluding hydrogens is 376 g/mol. The summed E-state index contributed by atoms with van der Waals surface area (Å²) < 4.78 is 22.6. The Balaban J connectivity index is 4.60. The van der Waals surface area contributed by atoms with E-state index in [1.165, 1.54) is 44.9 Å². The smallest absolute Gasteiger partial charge is 0.353 e. The first-order chi connectivity index (χ1) is 14.1. The van der Waals surface area contributed by atoms with E-state index in [0.717, 1.165) is 12.8 Å². The zero-order valence-corrected chi connectivity index (χ0v) is 19.3. The fourth-order valence-corrected chi connectivity index (χ4v) is 2.98. The maximum Gasteiger partial charge on any atom is 0.431 e.